The Morgan fingerprint density at radius 2 is 1.81 bits per heavy atom. The summed E-state index contributed by atoms with van der Waals surface area (Å²) in [7, 11) is 1.32. The van der Waals surface area contributed by atoms with Crippen LogP contribution in [0.3, 0.4) is 0 Å². The van der Waals surface area contributed by atoms with Crippen molar-refractivity contribution in [1.82, 2.24) is 4.57 Å². The number of hydrogen-bond donors (Lipinski definition) is 0. The topological polar surface area (TPSA) is 48.3 Å². The first-order valence-corrected chi connectivity index (χ1v) is 8.73. The SMILES string of the molecule is C=CCc1c(-c2ccccc2)c(C(=O)OC)cn(-c2ccc(Cl)cc2)c1=O. The van der Waals surface area contributed by atoms with Crippen LogP contribution in [0.4, 0.5) is 0 Å². The van der Waals surface area contributed by atoms with Gasteiger partial charge in [0, 0.05) is 28.0 Å². The molecule has 0 N–H and O–H groups in total. The van der Waals surface area contributed by atoms with Crippen molar-refractivity contribution in [2.75, 3.05) is 7.11 Å². The van der Waals surface area contributed by atoms with Gasteiger partial charge in [-0.25, -0.2) is 4.79 Å². The van der Waals surface area contributed by atoms with E-state index in [0.717, 1.165) is 5.56 Å². The zero-order valence-corrected chi connectivity index (χ0v) is 15.6. The van der Waals surface area contributed by atoms with Crippen LogP contribution in [0.1, 0.15) is 15.9 Å². The normalized spacial score (nSPS) is 10.4. The molecule has 3 rings (SSSR count). The van der Waals surface area contributed by atoms with E-state index in [4.69, 9.17) is 16.3 Å². The highest BCUT2D eigenvalue weighted by Crippen LogP contribution is 2.28. The van der Waals surface area contributed by atoms with E-state index < -0.39 is 5.97 Å². The van der Waals surface area contributed by atoms with Crippen molar-refractivity contribution in [1.29, 1.82) is 0 Å². The Bertz CT molecular complexity index is 1040. The molecule has 0 aliphatic rings. The van der Waals surface area contributed by atoms with Crippen molar-refractivity contribution in [2.24, 2.45) is 0 Å². The molecule has 0 amide bonds. The summed E-state index contributed by atoms with van der Waals surface area (Å²) in [6.07, 6.45) is 3.49. The predicted octanol–water partition coefficient (Wildman–Crippen LogP) is 4.67. The van der Waals surface area contributed by atoms with E-state index in [1.54, 1.807) is 30.3 Å². The number of methoxy groups -OCH3 is 1. The fraction of sp³-hybridized carbons (Fsp3) is 0.0909. The number of pyridine rings is 1. The molecule has 0 saturated carbocycles. The zero-order valence-electron chi connectivity index (χ0n) is 14.8. The summed E-state index contributed by atoms with van der Waals surface area (Å²) in [5, 5.41) is 0.562. The van der Waals surface area contributed by atoms with Crippen molar-refractivity contribution in [3.05, 3.63) is 100.0 Å². The predicted molar refractivity (Wildman–Crippen MR) is 108 cm³/mol. The molecular formula is C22H18ClNO3. The molecular weight excluding hydrogens is 362 g/mol. The second kappa shape index (κ2) is 8.06. The first kappa shape index (κ1) is 18.7. The lowest BCUT2D eigenvalue weighted by molar-refractivity contribution is 0.0600. The van der Waals surface area contributed by atoms with Crippen LogP contribution in [0.25, 0.3) is 16.8 Å². The number of aromatic nitrogens is 1. The molecule has 136 valence electrons. The highest BCUT2D eigenvalue weighted by Gasteiger charge is 2.22. The lowest BCUT2D eigenvalue weighted by Crippen LogP contribution is -2.25. The summed E-state index contributed by atoms with van der Waals surface area (Å²) >= 11 is 5.95. The van der Waals surface area contributed by atoms with Crippen LogP contribution < -0.4 is 5.56 Å². The highest BCUT2D eigenvalue weighted by molar-refractivity contribution is 6.30. The minimum atomic E-state index is -0.512. The van der Waals surface area contributed by atoms with Gasteiger partial charge in [0.05, 0.1) is 12.7 Å². The number of carbonyl (C=O) groups is 1. The molecule has 0 saturated heterocycles. The molecule has 0 spiro atoms. The molecule has 0 aliphatic carbocycles. The number of rotatable bonds is 5. The summed E-state index contributed by atoms with van der Waals surface area (Å²) in [4.78, 5) is 25.8. The molecule has 0 radical (unpaired) electrons. The number of ether oxygens (including phenoxy) is 1. The van der Waals surface area contributed by atoms with E-state index in [-0.39, 0.29) is 5.56 Å². The summed E-state index contributed by atoms with van der Waals surface area (Å²) in [6.45, 7) is 3.76. The third kappa shape index (κ3) is 3.71. The molecule has 0 aliphatic heterocycles. The van der Waals surface area contributed by atoms with Gasteiger partial charge in [0.25, 0.3) is 5.56 Å². The third-order valence-corrected chi connectivity index (χ3v) is 4.48. The van der Waals surface area contributed by atoms with E-state index in [9.17, 15) is 9.59 Å². The molecule has 27 heavy (non-hydrogen) atoms. The quantitative estimate of drug-likeness (QED) is 0.478. The molecule has 0 fully saturated rings. The van der Waals surface area contributed by atoms with Crippen LogP contribution in [-0.4, -0.2) is 17.6 Å². The van der Waals surface area contributed by atoms with Crippen molar-refractivity contribution in [2.45, 2.75) is 6.42 Å². The molecule has 3 aromatic rings. The monoisotopic (exact) mass is 379 g/mol. The van der Waals surface area contributed by atoms with Crippen LogP contribution in [0.15, 0.2) is 78.2 Å². The van der Waals surface area contributed by atoms with Gasteiger partial charge >= 0.3 is 5.97 Å². The van der Waals surface area contributed by atoms with Crippen LogP contribution >= 0.6 is 11.6 Å². The molecule has 1 heterocycles. The van der Waals surface area contributed by atoms with E-state index in [2.05, 4.69) is 6.58 Å². The van der Waals surface area contributed by atoms with Gasteiger partial charge in [0.2, 0.25) is 0 Å². The number of halogens is 1. The van der Waals surface area contributed by atoms with Crippen LogP contribution in [-0.2, 0) is 11.2 Å². The minimum Gasteiger partial charge on any atom is -0.465 e. The van der Waals surface area contributed by atoms with Gasteiger partial charge in [0.1, 0.15) is 0 Å². The number of hydrogen-bond acceptors (Lipinski definition) is 3. The van der Waals surface area contributed by atoms with E-state index in [1.807, 2.05) is 30.3 Å². The molecule has 4 nitrogen and oxygen atoms in total. The smallest absolute Gasteiger partial charge is 0.340 e. The summed E-state index contributed by atoms with van der Waals surface area (Å²) in [5.74, 6) is -0.512. The van der Waals surface area contributed by atoms with Gasteiger partial charge in [-0.2, -0.15) is 0 Å². The van der Waals surface area contributed by atoms with Gasteiger partial charge in [-0.05, 0) is 36.2 Å². The number of esters is 1. The molecule has 1 aromatic heterocycles. The van der Waals surface area contributed by atoms with E-state index >= 15 is 0 Å². The van der Waals surface area contributed by atoms with E-state index in [1.165, 1.54) is 17.9 Å². The Balaban J connectivity index is 2.38. The Morgan fingerprint density at radius 3 is 2.41 bits per heavy atom. The van der Waals surface area contributed by atoms with Gasteiger partial charge in [-0.1, -0.05) is 48.0 Å². The lowest BCUT2D eigenvalue weighted by atomic mass is 9.94. The van der Waals surface area contributed by atoms with Crippen molar-refractivity contribution < 1.29 is 9.53 Å². The Morgan fingerprint density at radius 1 is 1.15 bits per heavy atom. The standard InChI is InChI=1S/C22H18ClNO3/c1-3-7-18-20(15-8-5-4-6-9-15)19(22(26)27-2)14-24(21(18)25)17-12-10-16(23)11-13-17/h3-6,8-14H,1,7H2,2H3. The fourth-order valence-electron chi connectivity index (χ4n) is 2.99. The number of nitrogens with zero attached hydrogens (tertiary/aromatic N) is 1. The second-order valence-corrected chi connectivity index (χ2v) is 6.33. The molecule has 5 heteroatoms. The maximum Gasteiger partial charge on any atom is 0.340 e. The Labute approximate surface area is 162 Å². The number of carbonyl (C=O) groups excluding carboxylic acids is 1. The molecule has 0 bridgehead atoms. The second-order valence-electron chi connectivity index (χ2n) is 5.90. The maximum atomic E-state index is 13.2. The lowest BCUT2D eigenvalue weighted by Gasteiger charge is -2.17. The van der Waals surface area contributed by atoms with Crippen molar-refractivity contribution >= 4 is 17.6 Å². The molecule has 0 atom stereocenters. The van der Waals surface area contributed by atoms with Gasteiger partial charge < -0.3 is 4.74 Å². The fourth-order valence-corrected chi connectivity index (χ4v) is 3.12. The van der Waals surface area contributed by atoms with Crippen molar-refractivity contribution in [3.8, 4) is 16.8 Å². The van der Waals surface area contributed by atoms with Gasteiger partial charge in [0.15, 0.2) is 0 Å². The first-order valence-electron chi connectivity index (χ1n) is 8.36. The maximum absolute atomic E-state index is 13.2. The Hall–Kier alpha value is -3.11. The first-order chi connectivity index (χ1) is 13.1. The van der Waals surface area contributed by atoms with E-state index in [0.29, 0.717) is 33.8 Å². The number of benzene rings is 2. The average molecular weight is 380 g/mol. The largest absolute Gasteiger partial charge is 0.465 e. The zero-order chi connectivity index (χ0) is 19.4. The van der Waals surface area contributed by atoms with Gasteiger partial charge in [-0.3, -0.25) is 9.36 Å². The summed E-state index contributed by atoms with van der Waals surface area (Å²) in [5.41, 5.74) is 2.53. The minimum absolute atomic E-state index is 0.219. The Kier molecular flexibility index (Phi) is 5.57. The average Bonchev–Trinajstić information content (AvgIpc) is 2.70. The van der Waals surface area contributed by atoms with Crippen LogP contribution in [0.2, 0.25) is 5.02 Å². The molecule has 2 aromatic carbocycles. The summed E-state index contributed by atoms with van der Waals surface area (Å²) in [6, 6.07) is 16.2. The summed E-state index contributed by atoms with van der Waals surface area (Å²) < 4.78 is 6.42. The third-order valence-electron chi connectivity index (χ3n) is 4.23. The van der Waals surface area contributed by atoms with Crippen molar-refractivity contribution in [3.63, 3.8) is 0 Å². The molecule has 0 unspecified atom stereocenters. The van der Waals surface area contributed by atoms with Crippen LogP contribution in [0.5, 0.6) is 0 Å². The van der Waals surface area contributed by atoms with Gasteiger partial charge in [-0.15, -0.1) is 6.58 Å². The number of allylic oxidation sites excluding steroid dienone is 1. The highest BCUT2D eigenvalue weighted by atomic mass is 35.5. The van der Waals surface area contributed by atoms with Crippen LogP contribution in [0, 0.1) is 0 Å².